The highest BCUT2D eigenvalue weighted by molar-refractivity contribution is 6.13. The molecule has 0 amide bonds. The van der Waals surface area contributed by atoms with Gasteiger partial charge in [-0.1, -0.05) is 47.5 Å². The van der Waals surface area contributed by atoms with Gasteiger partial charge in [-0.05, 0) is 74.5 Å². The summed E-state index contributed by atoms with van der Waals surface area (Å²) >= 11 is 0. The number of pyridine rings is 1. The van der Waals surface area contributed by atoms with Crippen LogP contribution in [0.15, 0.2) is 102 Å². The van der Waals surface area contributed by atoms with Crippen LogP contribution in [0.5, 0.6) is 5.75 Å². The number of hydrogen-bond donors (Lipinski definition) is 1. The van der Waals surface area contributed by atoms with E-state index in [0.29, 0.717) is 16.5 Å². The molecular formula is C31H26N2O3. The zero-order valence-corrected chi connectivity index (χ0v) is 20.4. The molecule has 0 radical (unpaired) electrons. The summed E-state index contributed by atoms with van der Waals surface area (Å²) in [6.07, 6.45) is 0. The maximum absolute atomic E-state index is 13.4. The number of benzene rings is 4. The maximum Gasteiger partial charge on any atom is 0.265 e. The first-order valence-corrected chi connectivity index (χ1v) is 11.7. The molecule has 1 aromatic heterocycles. The van der Waals surface area contributed by atoms with Crippen molar-refractivity contribution in [3.63, 3.8) is 0 Å². The van der Waals surface area contributed by atoms with Gasteiger partial charge >= 0.3 is 0 Å². The molecule has 178 valence electrons. The van der Waals surface area contributed by atoms with Gasteiger partial charge in [0, 0.05) is 35.1 Å². The summed E-state index contributed by atoms with van der Waals surface area (Å²) in [5, 5.41) is 11.3. The molecule has 1 heterocycles. The van der Waals surface area contributed by atoms with Gasteiger partial charge in [0.1, 0.15) is 11.3 Å². The van der Waals surface area contributed by atoms with E-state index in [9.17, 15) is 14.7 Å². The number of carbonyl (C=O) groups is 1. The molecule has 0 fully saturated rings. The zero-order valence-electron chi connectivity index (χ0n) is 20.4. The topological polar surface area (TPSA) is 62.5 Å². The molecule has 0 saturated carbocycles. The lowest BCUT2D eigenvalue weighted by Crippen LogP contribution is -2.25. The number of hydrogen-bond acceptors (Lipinski definition) is 4. The molecule has 0 aliphatic carbocycles. The van der Waals surface area contributed by atoms with E-state index < -0.39 is 11.3 Å². The molecule has 36 heavy (non-hydrogen) atoms. The van der Waals surface area contributed by atoms with E-state index >= 15 is 0 Å². The molecule has 0 saturated heterocycles. The molecule has 5 nitrogen and oxygen atoms in total. The van der Waals surface area contributed by atoms with E-state index in [-0.39, 0.29) is 11.3 Å². The number of carbonyl (C=O) groups excluding carboxylic acids is 1. The van der Waals surface area contributed by atoms with Crippen molar-refractivity contribution >= 4 is 33.7 Å². The number of fused-ring (bicyclic) bond motifs is 1. The van der Waals surface area contributed by atoms with Crippen molar-refractivity contribution in [2.45, 2.75) is 13.8 Å². The van der Waals surface area contributed by atoms with E-state index in [4.69, 9.17) is 0 Å². The SMILES string of the molecule is Cc1ccc(N(c2ccc(C)cc2)c2ccc(C(=O)c3c(O)c4ccccc4n(C)c3=O)cc2)cc1. The fraction of sp³-hybridized carbons (Fsp3) is 0.0968. The van der Waals surface area contributed by atoms with Gasteiger partial charge in [-0.3, -0.25) is 9.59 Å². The molecule has 0 aliphatic rings. The number of aromatic nitrogens is 1. The first-order valence-electron chi connectivity index (χ1n) is 11.7. The Morgan fingerprint density at radius 3 is 1.72 bits per heavy atom. The number of aromatic hydroxyl groups is 1. The number of nitrogens with zero attached hydrogens (tertiary/aromatic N) is 2. The first kappa shape index (κ1) is 23.1. The van der Waals surface area contributed by atoms with Crippen LogP contribution >= 0.6 is 0 Å². The van der Waals surface area contributed by atoms with Gasteiger partial charge in [-0.15, -0.1) is 0 Å². The van der Waals surface area contributed by atoms with Crippen LogP contribution in [0.3, 0.4) is 0 Å². The summed E-state index contributed by atoms with van der Waals surface area (Å²) in [5.41, 5.74) is 5.33. The van der Waals surface area contributed by atoms with Crippen LogP contribution in [0.1, 0.15) is 27.0 Å². The Labute approximate surface area is 209 Å². The van der Waals surface area contributed by atoms with Gasteiger partial charge in [-0.2, -0.15) is 0 Å². The number of para-hydroxylation sites is 1. The van der Waals surface area contributed by atoms with Crippen LogP contribution in [0.4, 0.5) is 17.1 Å². The van der Waals surface area contributed by atoms with Gasteiger partial charge in [0.25, 0.3) is 5.56 Å². The third-order valence-electron chi connectivity index (χ3n) is 6.47. The van der Waals surface area contributed by atoms with Gasteiger partial charge in [-0.25, -0.2) is 0 Å². The highest BCUT2D eigenvalue weighted by atomic mass is 16.3. The van der Waals surface area contributed by atoms with Crippen LogP contribution in [-0.2, 0) is 7.05 Å². The van der Waals surface area contributed by atoms with Crippen molar-refractivity contribution in [3.8, 4) is 5.75 Å². The molecule has 5 aromatic rings. The second-order valence-corrected chi connectivity index (χ2v) is 8.99. The largest absolute Gasteiger partial charge is 0.506 e. The van der Waals surface area contributed by atoms with Crippen molar-refractivity contribution < 1.29 is 9.90 Å². The normalized spacial score (nSPS) is 11.0. The van der Waals surface area contributed by atoms with E-state index in [1.54, 1.807) is 43.4 Å². The van der Waals surface area contributed by atoms with Crippen LogP contribution in [0.25, 0.3) is 10.9 Å². The van der Waals surface area contributed by atoms with Gasteiger partial charge in [0.05, 0.1) is 5.52 Å². The summed E-state index contributed by atoms with van der Waals surface area (Å²) < 4.78 is 1.40. The second-order valence-electron chi connectivity index (χ2n) is 8.99. The number of aryl methyl sites for hydroxylation is 3. The standard InChI is InChI=1S/C31H26N2O3/c1-20-8-14-23(15-9-20)33(24-16-10-21(2)11-17-24)25-18-12-22(13-19-25)29(34)28-30(35)26-6-4-5-7-27(26)32(3)31(28)36/h4-19,35H,1-3H3. The molecule has 0 atom stereocenters. The number of rotatable bonds is 5. The lowest BCUT2D eigenvalue weighted by atomic mass is 10.0. The van der Waals surface area contributed by atoms with Crippen LogP contribution in [0, 0.1) is 13.8 Å². The Hall–Kier alpha value is -4.64. The highest BCUT2D eigenvalue weighted by Gasteiger charge is 2.22. The summed E-state index contributed by atoms with van der Waals surface area (Å²) in [7, 11) is 1.60. The predicted molar refractivity (Wildman–Crippen MR) is 145 cm³/mol. The average Bonchev–Trinajstić information content (AvgIpc) is 2.90. The Bertz CT molecular complexity index is 1590. The molecule has 5 rings (SSSR count). The minimum absolute atomic E-state index is 0.224. The molecular weight excluding hydrogens is 448 g/mol. The second kappa shape index (κ2) is 9.19. The van der Waals surface area contributed by atoms with E-state index in [0.717, 1.165) is 17.1 Å². The van der Waals surface area contributed by atoms with Gasteiger partial charge in [0.2, 0.25) is 5.78 Å². The van der Waals surface area contributed by atoms with E-state index in [1.165, 1.54) is 15.7 Å². The summed E-state index contributed by atoms with van der Waals surface area (Å²) in [6, 6.07) is 30.6. The van der Waals surface area contributed by atoms with Crippen LogP contribution in [0.2, 0.25) is 0 Å². The Morgan fingerprint density at radius 1 is 0.722 bits per heavy atom. The smallest absolute Gasteiger partial charge is 0.265 e. The zero-order chi connectivity index (χ0) is 25.4. The van der Waals surface area contributed by atoms with Crippen molar-refractivity contribution in [2.24, 2.45) is 7.05 Å². The molecule has 0 unspecified atom stereocenters. The number of anilines is 3. The Balaban J connectivity index is 1.57. The van der Waals surface area contributed by atoms with Crippen molar-refractivity contribution in [1.29, 1.82) is 0 Å². The van der Waals surface area contributed by atoms with Crippen molar-refractivity contribution in [3.05, 3.63) is 130 Å². The third-order valence-corrected chi connectivity index (χ3v) is 6.47. The minimum atomic E-state index is -0.527. The first-order chi connectivity index (χ1) is 17.3. The van der Waals surface area contributed by atoms with Gasteiger partial charge < -0.3 is 14.6 Å². The minimum Gasteiger partial charge on any atom is -0.506 e. The molecule has 5 heteroatoms. The Kier molecular flexibility index (Phi) is 5.90. The van der Waals surface area contributed by atoms with Crippen LogP contribution in [-0.4, -0.2) is 15.5 Å². The van der Waals surface area contributed by atoms with Gasteiger partial charge in [0.15, 0.2) is 0 Å². The van der Waals surface area contributed by atoms with Crippen molar-refractivity contribution in [2.75, 3.05) is 4.90 Å². The fourth-order valence-corrected chi connectivity index (χ4v) is 4.43. The fourth-order valence-electron chi connectivity index (χ4n) is 4.43. The van der Waals surface area contributed by atoms with Crippen molar-refractivity contribution in [1.82, 2.24) is 4.57 Å². The summed E-state index contributed by atoms with van der Waals surface area (Å²) in [5.74, 6) is -0.800. The molecule has 0 aliphatic heterocycles. The molecule has 0 bridgehead atoms. The maximum atomic E-state index is 13.4. The third kappa shape index (κ3) is 4.05. The highest BCUT2D eigenvalue weighted by Crippen LogP contribution is 2.35. The summed E-state index contributed by atoms with van der Waals surface area (Å²) in [6.45, 7) is 4.10. The molecule has 1 N–H and O–H groups in total. The average molecular weight is 475 g/mol. The van der Waals surface area contributed by atoms with Crippen LogP contribution < -0.4 is 10.5 Å². The molecule has 4 aromatic carbocycles. The lowest BCUT2D eigenvalue weighted by molar-refractivity contribution is 0.103. The summed E-state index contributed by atoms with van der Waals surface area (Å²) in [4.78, 5) is 28.5. The predicted octanol–water partition coefficient (Wildman–Crippen LogP) is 6.56. The Morgan fingerprint density at radius 2 is 1.19 bits per heavy atom. The molecule has 0 spiro atoms. The lowest BCUT2D eigenvalue weighted by Gasteiger charge is -2.26. The van der Waals surface area contributed by atoms with E-state index in [1.807, 2.05) is 26.0 Å². The quantitative estimate of drug-likeness (QED) is 0.293. The number of ketones is 1. The monoisotopic (exact) mass is 474 g/mol. The van der Waals surface area contributed by atoms with E-state index in [2.05, 4.69) is 53.4 Å².